The average molecular weight is 892 g/mol. The van der Waals surface area contributed by atoms with Gasteiger partial charge in [0.25, 0.3) is 0 Å². The zero-order chi connectivity index (χ0) is 44.4. The molecule has 3 aliphatic heterocycles. The zero-order valence-electron chi connectivity index (χ0n) is 37.3. The minimum absolute atomic E-state index is 0.0181. The van der Waals surface area contributed by atoms with Crippen molar-refractivity contribution in [1.29, 1.82) is 0 Å². The van der Waals surface area contributed by atoms with Crippen LogP contribution in [-0.4, -0.2) is 138 Å². The molecule has 0 amide bonds. The van der Waals surface area contributed by atoms with Gasteiger partial charge in [0.2, 0.25) is 0 Å². The SMILES string of the molecule is C[C@]12CC[C@@H]3c4ccc(OCCCNCc5ccc(N6CCC(CN7CCN(C[C@H]8OC[C@H](Nc9cncc(C(F)(F)F)n9)[C@@H](O)[C@H]8O)CC7)CC6)cc5)cc4CC[C@H]3[C@@H]1CC[C@@H]2O. The number of aliphatic hydroxyl groups is 3. The summed E-state index contributed by atoms with van der Waals surface area (Å²) in [4.78, 5) is 14.4. The Morgan fingerprint density at radius 3 is 2.41 bits per heavy atom. The van der Waals surface area contributed by atoms with Gasteiger partial charge in [-0.3, -0.25) is 9.88 Å². The number of hydrogen-bond donors (Lipinski definition) is 5. The molecule has 1 aromatic heterocycles. The van der Waals surface area contributed by atoms with Crippen molar-refractivity contribution in [3.05, 3.63) is 77.2 Å². The Kier molecular flexibility index (Phi) is 14.0. The molecule has 3 saturated heterocycles. The highest BCUT2D eigenvalue weighted by atomic mass is 19.4. The molecule has 15 heteroatoms. The minimum atomic E-state index is -4.64. The summed E-state index contributed by atoms with van der Waals surface area (Å²) >= 11 is 0. The molecule has 6 aliphatic rings. The number of ether oxygens (including phenoxy) is 2. The number of piperidine rings is 1. The van der Waals surface area contributed by atoms with Gasteiger partial charge < -0.3 is 45.2 Å². The normalized spacial score (nSPS) is 31.6. The monoisotopic (exact) mass is 892 g/mol. The Balaban J connectivity index is 0.629. The molecule has 64 heavy (non-hydrogen) atoms. The fraction of sp³-hybridized carbons (Fsp3) is 0.673. The minimum Gasteiger partial charge on any atom is -0.494 e. The van der Waals surface area contributed by atoms with Gasteiger partial charge in [-0.05, 0) is 134 Å². The summed E-state index contributed by atoms with van der Waals surface area (Å²) in [6.07, 6.45) is 4.12. The van der Waals surface area contributed by atoms with Crippen molar-refractivity contribution in [2.24, 2.45) is 23.2 Å². The number of fused-ring (bicyclic) bond motifs is 5. The van der Waals surface area contributed by atoms with E-state index in [4.69, 9.17) is 9.47 Å². The van der Waals surface area contributed by atoms with Gasteiger partial charge in [-0.2, -0.15) is 13.2 Å². The highest BCUT2D eigenvalue weighted by Crippen LogP contribution is 2.61. The van der Waals surface area contributed by atoms with Gasteiger partial charge >= 0.3 is 6.18 Å². The van der Waals surface area contributed by atoms with Crippen molar-refractivity contribution in [3.63, 3.8) is 0 Å². The highest BCUT2D eigenvalue weighted by molar-refractivity contribution is 5.48. The smallest absolute Gasteiger partial charge is 0.434 e. The van der Waals surface area contributed by atoms with Gasteiger partial charge in [-0.25, -0.2) is 4.98 Å². The second-order valence-electron chi connectivity index (χ2n) is 19.9. The zero-order valence-corrected chi connectivity index (χ0v) is 37.3. The molecule has 0 spiro atoms. The first-order valence-electron chi connectivity index (χ1n) is 24.0. The number of alkyl halides is 3. The lowest BCUT2D eigenvalue weighted by molar-refractivity contribution is -0.148. The molecule has 3 aliphatic carbocycles. The van der Waals surface area contributed by atoms with E-state index in [0.717, 1.165) is 109 Å². The van der Waals surface area contributed by atoms with E-state index in [2.05, 4.69) is 84.7 Å². The fourth-order valence-electron chi connectivity index (χ4n) is 12.1. The quantitative estimate of drug-likeness (QED) is 0.127. The van der Waals surface area contributed by atoms with Crippen molar-refractivity contribution < 1.29 is 38.0 Å². The molecule has 5 N–H and O–H groups in total. The molecule has 350 valence electrons. The summed E-state index contributed by atoms with van der Waals surface area (Å²) in [5.74, 6) is 3.52. The van der Waals surface area contributed by atoms with Crippen molar-refractivity contribution in [2.45, 2.75) is 114 Å². The number of nitrogens with zero attached hydrogens (tertiary/aromatic N) is 5. The van der Waals surface area contributed by atoms with E-state index in [0.29, 0.717) is 43.0 Å². The number of piperazine rings is 1. The number of benzene rings is 2. The molecule has 2 aromatic carbocycles. The molecule has 0 radical (unpaired) electrons. The standard InChI is InChI=1S/C49H68F3N7O5/c1-48-16-13-38-37-10-8-36(25-34(37)5-9-39(38)40(48)11-12-44(48)60)63-24-2-17-53-26-32-3-6-35(7-4-32)59-18-14-33(15-19-59)29-57-20-22-58(23-21-57)30-42-47(62)46(61)41(31-64-42)55-45-28-54-27-43(56-45)49(50,51)52/h3-4,6-8,10,25,27-28,33,38-42,44,46-47,53,60-62H,2,5,9,11-24,26,29-31H2,1H3,(H,55,56)/t38-,39-,40+,41+,42-,44+,46-,47+,48+/m1/s1. The molecule has 4 heterocycles. The van der Waals surface area contributed by atoms with Crippen LogP contribution in [0.2, 0.25) is 0 Å². The van der Waals surface area contributed by atoms with Gasteiger partial charge in [0.15, 0.2) is 5.69 Å². The second kappa shape index (κ2) is 19.7. The van der Waals surface area contributed by atoms with Gasteiger partial charge in [-0.15, -0.1) is 0 Å². The predicted octanol–water partition coefficient (Wildman–Crippen LogP) is 5.71. The van der Waals surface area contributed by atoms with Gasteiger partial charge in [0.1, 0.15) is 23.8 Å². The predicted molar refractivity (Wildman–Crippen MR) is 239 cm³/mol. The van der Waals surface area contributed by atoms with Gasteiger partial charge in [-0.1, -0.05) is 25.1 Å². The molecule has 9 rings (SSSR count). The Morgan fingerprint density at radius 2 is 1.64 bits per heavy atom. The number of aryl methyl sites for hydroxylation is 1. The molecular weight excluding hydrogens is 824 g/mol. The first kappa shape index (κ1) is 45.6. The van der Waals surface area contributed by atoms with Crippen LogP contribution in [0, 0.1) is 23.2 Å². The van der Waals surface area contributed by atoms with Crippen LogP contribution in [0.3, 0.4) is 0 Å². The van der Waals surface area contributed by atoms with Crippen molar-refractivity contribution in [3.8, 4) is 5.75 Å². The third-order valence-electron chi connectivity index (χ3n) is 16.0. The van der Waals surface area contributed by atoms with Crippen molar-refractivity contribution in [2.75, 3.05) is 82.3 Å². The Hall–Kier alpha value is -3.57. The van der Waals surface area contributed by atoms with Crippen molar-refractivity contribution >= 4 is 11.5 Å². The van der Waals surface area contributed by atoms with E-state index in [1.165, 1.54) is 41.6 Å². The topological polar surface area (TPSA) is 139 Å². The maximum atomic E-state index is 13.1. The number of aromatic nitrogens is 2. The fourth-order valence-corrected chi connectivity index (χ4v) is 12.1. The summed E-state index contributed by atoms with van der Waals surface area (Å²) < 4.78 is 51.3. The first-order valence-corrected chi connectivity index (χ1v) is 24.0. The highest BCUT2D eigenvalue weighted by Gasteiger charge is 2.54. The molecule has 2 saturated carbocycles. The lowest BCUT2D eigenvalue weighted by atomic mass is 9.55. The largest absolute Gasteiger partial charge is 0.494 e. The molecule has 0 bridgehead atoms. The van der Waals surface area contributed by atoms with Crippen LogP contribution < -0.4 is 20.3 Å². The third-order valence-corrected chi connectivity index (χ3v) is 16.0. The Bertz CT molecular complexity index is 2000. The van der Waals surface area contributed by atoms with E-state index >= 15 is 0 Å². The number of anilines is 2. The van der Waals surface area contributed by atoms with Crippen LogP contribution in [-0.2, 0) is 23.9 Å². The number of aliphatic hydroxyl groups excluding tert-OH is 3. The molecule has 12 nitrogen and oxygen atoms in total. The lowest BCUT2D eigenvalue weighted by Gasteiger charge is -2.50. The molecule has 3 aromatic rings. The van der Waals surface area contributed by atoms with E-state index in [1.807, 2.05) is 0 Å². The first-order chi connectivity index (χ1) is 30.9. The van der Waals surface area contributed by atoms with Crippen LogP contribution in [0.5, 0.6) is 5.75 Å². The maximum absolute atomic E-state index is 13.1. The summed E-state index contributed by atoms with van der Waals surface area (Å²) in [5, 5.41) is 38.7. The van der Waals surface area contributed by atoms with E-state index in [9.17, 15) is 28.5 Å². The Labute approximate surface area is 375 Å². The summed E-state index contributed by atoms with van der Waals surface area (Å²) in [6.45, 7) is 12.0. The molecule has 0 unspecified atom stereocenters. The van der Waals surface area contributed by atoms with Crippen molar-refractivity contribution in [1.82, 2.24) is 25.1 Å². The molecular formula is C49H68F3N7O5. The van der Waals surface area contributed by atoms with E-state index in [1.54, 1.807) is 0 Å². The van der Waals surface area contributed by atoms with Crippen LogP contribution in [0.4, 0.5) is 24.7 Å². The summed E-state index contributed by atoms with van der Waals surface area (Å²) in [5.41, 5.74) is 4.57. The number of nitrogens with one attached hydrogen (secondary N) is 2. The lowest BCUT2D eigenvalue weighted by Crippen LogP contribution is -2.59. The average Bonchev–Trinajstić information content (AvgIpc) is 3.61. The number of halogens is 3. The van der Waals surface area contributed by atoms with E-state index < -0.39 is 36.2 Å². The molecule has 9 atom stereocenters. The third kappa shape index (κ3) is 10.2. The van der Waals surface area contributed by atoms with Crippen LogP contribution in [0.1, 0.15) is 86.6 Å². The van der Waals surface area contributed by atoms with E-state index in [-0.39, 0.29) is 23.9 Å². The summed E-state index contributed by atoms with van der Waals surface area (Å²) in [6, 6.07) is 15.0. The molecule has 5 fully saturated rings. The van der Waals surface area contributed by atoms with Gasteiger partial charge in [0, 0.05) is 64.6 Å². The second-order valence-corrected chi connectivity index (χ2v) is 19.9. The van der Waals surface area contributed by atoms with Crippen LogP contribution in [0.15, 0.2) is 54.9 Å². The Morgan fingerprint density at radius 1 is 0.875 bits per heavy atom. The maximum Gasteiger partial charge on any atom is 0.434 e. The van der Waals surface area contributed by atoms with Gasteiger partial charge in [0.05, 0.1) is 43.9 Å². The number of rotatable bonds is 14. The van der Waals surface area contributed by atoms with Crippen LogP contribution in [0.25, 0.3) is 0 Å². The number of hydrogen-bond acceptors (Lipinski definition) is 12. The van der Waals surface area contributed by atoms with Crippen LogP contribution >= 0.6 is 0 Å². The summed E-state index contributed by atoms with van der Waals surface area (Å²) in [7, 11) is 0.